The van der Waals surface area contributed by atoms with E-state index in [2.05, 4.69) is 27.1 Å². The summed E-state index contributed by atoms with van der Waals surface area (Å²) < 4.78 is 30.5. The smallest absolute Gasteiger partial charge is 0.251 e. The summed E-state index contributed by atoms with van der Waals surface area (Å²) in [5.74, 6) is 0.469. The number of nitrogens with zero attached hydrogens (tertiary/aromatic N) is 5. The number of benzene rings is 1. The average Bonchev–Trinajstić information content (AvgIpc) is 3.13. The zero-order valence-corrected chi connectivity index (χ0v) is 23.0. The van der Waals surface area contributed by atoms with Crippen molar-refractivity contribution in [3.63, 3.8) is 0 Å². The number of rotatable bonds is 5. The number of piperazine rings is 1. The Hall–Kier alpha value is -3.93. The van der Waals surface area contributed by atoms with Crippen molar-refractivity contribution >= 4 is 32.5 Å². The van der Waals surface area contributed by atoms with Gasteiger partial charge >= 0.3 is 0 Å². The number of aromatic nitrogens is 3. The molecule has 0 atom stereocenters. The summed E-state index contributed by atoms with van der Waals surface area (Å²) in [7, 11) is -1.37. The third kappa shape index (κ3) is 5.53. The van der Waals surface area contributed by atoms with E-state index in [9.17, 15) is 13.2 Å². The lowest BCUT2D eigenvalue weighted by Gasteiger charge is -2.33. The molecule has 206 valence electrons. The number of hydrogen-bond donors (Lipinski definition) is 1. The molecule has 6 rings (SSSR count). The normalized spacial score (nSPS) is 17.3. The molecule has 0 aliphatic carbocycles. The number of anilines is 1. The Kier molecular flexibility index (Phi) is 7.18. The van der Waals surface area contributed by atoms with Crippen LogP contribution in [0.25, 0.3) is 22.3 Å². The highest BCUT2D eigenvalue weighted by atomic mass is 32.2. The van der Waals surface area contributed by atoms with Crippen molar-refractivity contribution < 1.29 is 17.9 Å². The molecule has 1 amide bonds. The lowest BCUT2D eigenvalue weighted by atomic mass is 10.1. The Bertz CT molecular complexity index is 1690. The van der Waals surface area contributed by atoms with Crippen LogP contribution < -0.4 is 10.2 Å². The molecule has 1 aromatic carbocycles. The molecule has 0 saturated carbocycles. The minimum Gasteiger partial charge on any atom is -0.376 e. The van der Waals surface area contributed by atoms with Crippen molar-refractivity contribution in [2.24, 2.45) is 0 Å². The standard InChI is InChI=1S/C29H30N6O4S/c1-34-9-11-35(12-10-34)28-4-2-3-24(33-28)25-8-7-21-17-30-23(16-26(21)32-25)18-31-29(36)20-5-6-22-19-39-13-14-40(37,38)27(22)15-20/h2-8,15-17H,9-14,18-19H2,1H3,(H,31,36). The second-order valence-corrected chi connectivity index (χ2v) is 12.2. The van der Waals surface area contributed by atoms with Gasteiger partial charge in [0, 0.05) is 43.3 Å². The highest BCUT2D eigenvalue weighted by molar-refractivity contribution is 7.91. The molecule has 2 aliphatic heterocycles. The fourth-order valence-corrected chi connectivity index (χ4v) is 6.30. The molecule has 2 aliphatic rings. The Morgan fingerprint density at radius 2 is 1.82 bits per heavy atom. The van der Waals surface area contributed by atoms with Gasteiger partial charge in [0.05, 0.1) is 53.0 Å². The Balaban J connectivity index is 1.19. The second-order valence-electron chi connectivity index (χ2n) is 10.1. The Morgan fingerprint density at radius 1 is 1.00 bits per heavy atom. The van der Waals surface area contributed by atoms with E-state index in [-0.39, 0.29) is 41.9 Å². The van der Waals surface area contributed by atoms with Crippen LogP contribution in [0.4, 0.5) is 5.82 Å². The van der Waals surface area contributed by atoms with E-state index >= 15 is 0 Å². The number of carbonyl (C=O) groups is 1. The van der Waals surface area contributed by atoms with Crippen LogP contribution in [0.1, 0.15) is 21.6 Å². The van der Waals surface area contributed by atoms with Crippen LogP contribution in [0.3, 0.4) is 0 Å². The Labute approximate surface area is 232 Å². The molecule has 11 heteroatoms. The monoisotopic (exact) mass is 558 g/mol. The quantitative estimate of drug-likeness (QED) is 0.394. The van der Waals surface area contributed by atoms with Gasteiger partial charge in [0.2, 0.25) is 0 Å². The van der Waals surface area contributed by atoms with Gasteiger partial charge in [-0.05, 0) is 55.1 Å². The first-order chi connectivity index (χ1) is 19.4. The van der Waals surface area contributed by atoms with Gasteiger partial charge in [-0.3, -0.25) is 9.78 Å². The van der Waals surface area contributed by atoms with Gasteiger partial charge in [0.1, 0.15) is 5.82 Å². The van der Waals surface area contributed by atoms with Crippen LogP contribution in [-0.2, 0) is 27.7 Å². The minimum atomic E-state index is -3.50. The summed E-state index contributed by atoms with van der Waals surface area (Å²) in [5, 5.41) is 3.73. The summed E-state index contributed by atoms with van der Waals surface area (Å²) in [5.41, 5.74) is 3.79. The van der Waals surface area contributed by atoms with Crippen molar-refractivity contribution in [2.75, 3.05) is 50.5 Å². The van der Waals surface area contributed by atoms with E-state index in [0.29, 0.717) is 11.3 Å². The van der Waals surface area contributed by atoms with E-state index in [1.54, 1.807) is 18.3 Å². The molecular weight excluding hydrogens is 528 g/mol. The first-order valence-electron chi connectivity index (χ1n) is 13.2. The van der Waals surface area contributed by atoms with Crippen LogP contribution >= 0.6 is 0 Å². The molecular formula is C29H30N6O4S. The maximum absolute atomic E-state index is 12.9. The highest BCUT2D eigenvalue weighted by Crippen LogP contribution is 2.24. The largest absolute Gasteiger partial charge is 0.376 e. The molecule has 4 aromatic rings. The predicted molar refractivity (Wildman–Crippen MR) is 152 cm³/mol. The molecule has 0 bridgehead atoms. The zero-order valence-electron chi connectivity index (χ0n) is 22.2. The molecule has 5 heterocycles. The SMILES string of the molecule is CN1CCN(c2cccc(-c3ccc4cnc(CNC(=O)c5ccc6c(c5)S(=O)(=O)CCOC6)cc4n3)n2)CC1. The number of carbonyl (C=O) groups excluding carboxylic acids is 1. The minimum absolute atomic E-state index is 0.100. The van der Waals surface area contributed by atoms with Gasteiger partial charge in [-0.15, -0.1) is 0 Å². The van der Waals surface area contributed by atoms with Crippen LogP contribution in [-0.4, -0.2) is 79.8 Å². The van der Waals surface area contributed by atoms with Gasteiger partial charge in [-0.2, -0.15) is 0 Å². The highest BCUT2D eigenvalue weighted by Gasteiger charge is 2.24. The predicted octanol–water partition coefficient (Wildman–Crippen LogP) is 2.68. The van der Waals surface area contributed by atoms with E-state index in [4.69, 9.17) is 14.7 Å². The molecule has 0 radical (unpaired) electrons. The molecule has 10 nitrogen and oxygen atoms in total. The number of sulfone groups is 1. The second kappa shape index (κ2) is 10.9. The van der Waals surface area contributed by atoms with E-state index < -0.39 is 9.84 Å². The summed E-state index contributed by atoms with van der Waals surface area (Å²) in [6.07, 6.45) is 1.73. The van der Waals surface area contributed by atoms with Crippen LogP contribution in [0, 0.1) is 0 Å². The van der Waals surface area contributed by atoms with Gasteiger partial charge in [-0.1, -0.05) is 12.1 Å². The molecule has 0 unspecified atom stereocenters. The van der Waals surface area contributed by atoms with E-state index in [1.165, 1.54) is 6.07 Å². The summed E-state index contributed by atoms with van der Waals surface area (Å²) in [6, 6.07) is 16.5. The number of fused-ring (bicyclic) bond motifs is 2. The van der Waals surface area contributed by atoms with Gasteiger partial charge < -0.3 is 19.9 Å². The number of likely N-dealkylation sites (N-methyl/N-ethyl adjacent to an activating group) is 1. The van der Waals surface area contributed by atoms with Crippen molar-refractivity contribution in [1.82, 2.24) is 25.2 Å². The Morgan fingerprint density at radius 3 is 2.67 bits per heavy atom. The van der Waals surface area contributed by atoms with Gasteiger partial charge in [0.25, 0.3) is 5.91 Å². The first-order valence-corrected chi connectivity index (χ1v) is 14.9. The third-order valence-corrected chi connectivity index (χ3v) is 9.06. The molecule has 1 saturated heterocycles. The zero-order chi connectivity index (χ0) is 27.7. The average molecular weight is 559 g/mol. The molecule has 1 fully saturated rings. The third-order valence-electron chi connectivity index (χ3n) is 7.30. The number of hydrogen-bond acceptors (Lipinski definition) is 9. The van der Waals surface area contributed by atoms with Crippen LogP contribution in [0.5, 0.6) is 0 Å². The van der Waals surface area contributed by atoms with Gasteiger partial charge in [-0.25, -0.2) is 18.4 Å². The van der Waals surface area contributed by atoms with Gasteiger partial charge in [0.15, 0.2) is 9.84 Å². The number of ether oxygens (including phenoxy) is 1. The molecule has 0 spiro atoms. The number of amides is 1. The molecule has 3 aromatic heterocycles. The molecule has 40 heavy (non-hydrogen) atoms. The summed E-state index contributed by atoms with van der Waals surface area (Å²) >= 11 is 0. The van der Waals surface area contributed by atoms with Crippen LogP contribution in [0.15, 0.2) is 65.7 Å². The van der Waals surface area contributed by atoms with E-state index in [0.717, 1.165) is 54.3 Å². The number of nitrogens with one attached hydrogen (secondary N) is 1. The van der Waals surface area contributed by atoms with Crippen molar-refractivity contribution in [1.29, 1.82) is 0 Å². The first kappa shape index (κ1) is 26.3. The van der Waals surface area contributed by atoms with Crippen LogP contribution in [0.2, 0.25) is 0 Å². The maximum Gasteiger partial charge on any atom is 0.251 e. The van der Waals surface area contributed by atoms with Crippen molar-refractivity contribution in [2.45, 2.75) is 18.0 Å². The fraction of sp³-hybridized carbons (Fsp3) is 0.310. The lowest BCUT2D eigenvalue weighted by Crippen LogP contribution is -2.44. The lowest BCUT2D eigenvalue weighted by molar-refractivity contribution is 0.0950. The summed E-state index contributed by atoms with van der Waals surface area (Å²) in [4.78, 5) is 31.8. The maximum atomic E-state index is 12.9. The van der Waals surface area contributed by atoms with E-state index in [1.807, 2.05) is 36.4 Å². The molecule has 1 N–H and O–H groups in total. The van der Waals surface area contributed by atoms with Crippen molar-refractivity contribution in [3.05, 3.63) is 77.6 Å². The number of pyridine rings is 3. The topological polar surface area (TPSA) is 118 Å². The van der Waals surface area contributed by atoms with Crippen molar-refractivity contribution in [3.8, 4) is 11.4 Å². The summed E-state index contributed by atoms with van der Waals surface area (Å²) in [6.45, 7) is 4.41. The fourth-order valence-electron chi connectivity index (χ4n) is 4.91.